The summed E-state index contributed by atoms with van der Waals surface area (Å²) < 4.78 is 43.0. The summed E-state index contributed by atoms with van der Waals surface area (Å²) >= 11 is 0. The summed E-state index contributed by atoms with van der Waals surface area (Å²) in [4.78, 5) is 11.9. The number of fused-ring (bicyclic) bond motifs is 1. The van der Waals surface area contributed by atoms with E-state index in [2.05, 4.69) is 4.72 Å². The van der Waals surface area contributed by atoms with Gasteiger partial charge in [-0.05, 0) is 18.1 Å². The number of methoxy groups -OCH3 is 1. The van der Waals surface area contributed by atoms with Gasteiger partial charge in [-0.3, -0.25) is 4.79 Å². The Bertz CT molecular complexity index is 673. The highest BCUT2D eigenvalue weighted by Crippen LogP contribution is 2.32. The summed E-state index contributed by atoms with van der Waals surface area (Å²) in [7, 11) is -2.66. The molecule has 0 aromatic heterocycles. The van der Waals surface area contributed by atoms with Crippen molar-refractivity contribution < 1.29 is 27.4 Å². The quantitative estimate of drug-likeness (QED) is 0.784. The second-order valence-electron chi connectivity index (χ2n) is 5.31. The topological polar surface area (TPSA) is 90.9 Å². The molecule has 128 valence electrons. The van der Waals surface area contributed by atoms with E-state index in [4.69, 9.17) is 14.2 Å². The summed E-state index contributed by atoms with van der Waals surface area (Å²) in [6.07, 6.45) is 0.628. The third-order valence-corrected chi connectivity index (χ3v) is 5.21. The number of carbonyl (C=O) groups is 1. The van der Waals surface area contributed by atoms with E-state index in [0.717, 1.165) is 0 Å². The standard InChI is InChI=1S/C15H21NO6S/c1-4-10(2)14(15(17)20-3)16-23(18,19)11-5-6-12-13(9-11)22-8-7-21-12/h5-6,9-10,14,16H,4,7-8H2,1-3H3/t10-,14-/m1/s1. The maximum absolute atomic E-state index is 12.6. The Morgan fingerprint density at radius 3 is 2.57 bits per heavy atom. The van der Waals surface area contributed by atoms with E-state index in [0.29, 0.717) is 31.1 Å². The number of hydrogen-bond acceptors (Lipinski definition) is 6. The minimum absolute atomic E-state index is 0.0129. The second-order valence-corrected chi connectivity index (χ2v) is 7.03. The van der Waals surface area contributed by atoms with Gasteiger partial charge in [0.2, 0.25) is 10.0 Å². The third-order valence-electron chi connectivity index (χ3n) is 3.77. The van der Waals surface area contributed by atoms with Crippen LogP contribution < -0.4 is 14.2 Å². The van der Waals surface area contributed by atoms with Crippen LogP contribution in [0.4, 0.5) is 0 Å². The van der Waals surface area contributed by atoms with E-state index in [1.54, 1.807) is 13.0 Å². The summed E-state index contributed by atoms with van der Waals surface area (Å²) in [5, 5.41) is 0. The molecule has 0 bridgehead atoms. The monoisotopic (exact) mass is 343 g/mol. The number of hydrogen-bond donors (Lipinski definition) is 1. The lowest BCUT2D eigenvalue weighted by Gasteiger charge is -2.22. The predicted molar refractivity (Wildman–Crippen MR) is 83.0 cm³/mol. The zero-order chi connectivity index (χ0) is 17.0. The Hall–Kier alpha value is -1.80. The molecule has 7 nitrogen and oxygen atoms in total. The first kappa shape index (κ1) is 17.6. The molecule has 1 aliphatic heterocycles. The fourth-order valence-electron chi connectivity index (χ4n) is 2.19. The van der Waals surface area contributed by atoms with Crippen molar-refractivity contribution in [1.82, 2.24) is 4.72 Å². The van der Waals surface area contributed by atoms with Gasteiger partial charge >= 0.3 is 5.97 Å². The Morgan fingerprint density at radius 1 is 1.30 bits per heavy atom. The van der Waals surface area contributed by atoms with Gasteiger partial charge < -0.3 is 14.2 Å². The number of benzene rings is 1. The molecule has 1 heterocycles. The van der Waals surface area contributed by atoms with Crippen LogP contribution in [0.1, 0.15) is 20.3 Å². The number of carbonyl (C=O) groups excluding carboxylic acids is 1. The zero-order valence-corrected chi connectivity index (χ0v) is 14.2. The van der Waals surface area contributed by atoms with Gasteiger partial charge in [-0.2, -0.15) is 4.72 Å². The number of rotatable bonds is 6. The van der Waals surface area contributed by atoms with Gasteiger partial charge in [0, 0.05) is 6.07 Å². The highest BCUT2D eigenvalue weighted by molar-refractivity contribution is 7.89. The SMILES string of the molecule is CC[C@@H](C)[C@@H](NS(=O)(=O)c1ccc2c(c1)OCCO2)C(=O)OC. The maximum atomic E-state index is 12.6. The molecule has 0 amide bonds. The molecule has 0 saturated carbocycles. The smallest absolute Gasteiger partial charge is 0.324 e. The molecule has 1 N–H and O–H groups in total. The van der Waals surface area contributed by atoms with Crippen LogP contribution in [0.5, 0.6) is 11.5 Å². The third kappa shape index (κ3) is 3.94. The minimum Gasteiger partial charge on any atom is -0.486 e. The molecule has 8 heteroatoms. The van der Waals surface area contributed by atoms with Gasteiger partial charge in [0.1, 0.15) is 19.3 Å². The fraction of sp³-hybridized carbons (Fsp3) is 0.533. The summed E-state index contributed by atoms with van der Waals surface area (Å²) in [5.41, 5.74) is 0. The van der Waals surface area contributed by atoms with Crippen LogP contribution in [0.3, 0.4) is 0 Å². The van der Waals surface area contributed by atoms with Crippen LogP contribution in [-0.4, -0.2) is 40.8 Å². The van der Waals surface area contributed by atoms with Crippen LogP contribution in [0.15, 0.2) is 23.1 Å². The lowest BCUT2D eigenvalue weighted by atomic mass is 10.0. The average Bonchev–Trinajstić information content (AvgIpc) is 2.57. The number of sulfonamides is 1. The number of ether oxygens (including phenoxy) is 3. The van der Waals surface area contributed by atoms with Gasteiger partial charge in [0.25, 0.3) is 0 Å². The first-order chi connectivity index (χ1) is 10.9. The Balaban J connectivity index is 2.28. The average molecular weight is 343 g/mol. The first-order valence-corrected chi connectivity index (χ1v) is 8.87. The van der Waals surface area contributed by atoms with E-state index in [1.807, 2.05) is 6.92 Å². The molecule has 2 atom stereocenters. The fourth-order valence-corrected chi connectivity index (χ4v) is 3.49. The van der Waals surface area contributed by atoms with Gasteiger partial charge in [-0.1, -0.05) is 20.3 Å². The van der Waals surface area contributed by atoms with Crippen molar-refractivity contribution in [2.75, 3.05) is 20.3 Å². The Morgan fingerprint density at radius 2 is 1.96 bits per heavy atom. The molecule has 0 radical (unpaired) electrons. The van der Waals surface area contributed by atoms with Crippen molar-refractivity contribution in [2.45, 2.75) is 31.2 Å². The largest absolute Gasteiger partial charge is 0.486 e. The van der Waals surface area contributed by atoms with E-state index in [1.165, 1.54) is 19.2 Å². The molecule has 1 aliphatic rings. The molecule has 0 aliphatic carbocycles. The molecule has 23 heavy (non-hydrogen) atoms. The molecule has 1 aromatic carbocycles. The van der Waals surface area contributed by atoms with E-state index in [-0.39, 0.29) is 10.8 Å². The minimum atomic E-state index is -3.89. The van der Waals surface area contributed by atoms with Crippen molar-refractivity contribution in [3.05, 3.63) is 18.2 Å². The van der Waals surface area contributed by atoms with Crippen LogP contribution >= 0.6 is 0 Å². The summed E-state index contributed by atoms with van der Waals surface area (Å²) in [6, 6.07) is 3.41. The van der Waals surface area contributed by atoms with Crippen LogP contribution in [0.25, 0.3) is 0 Å². The summed E-state index contributed by atoms with van der Waals surface area (Å²) in [5.74, 6) is 0.0637. The molecule has 0 unspecified atom stereocenters. The van der Waals surface area contributed by atoms with Crippen molar-refractivity contribution in [1.29, 1.82) is 0 Å². The van der Waals surface area contributed by atoms with Gasteiger partial charge in [0.15, 0.2) is 11.5 Å². The van der Waals surface area contributed by atoms with Crippen molar-refractivity contribution in [2.24, 2.45) is 5.92 Å². The van der Waals surface area contributed by atoms with Crippen LogP contribution in [0, 0.1) is 5.92 Å². The molecule has 0 saturated heterocycles. The van der Waals surface area contributed by atoms with Gasteiger partial charge in [-0.25, -0.2) is 8.42 Å². The molecule has 0 spiro atoms. The molecular weight excluding hydrogens is 322 g/mol. The van der Waals surface area contributed by atoms with Gasteiger partial charge in [-0.15, -0.1) is 0 Å². The second kappa shape index (κ2) is 7.18. The summed E-state index contributed by atoms with van der Waals surface area (Å²) in [6.45, 7) is 4.45. The van der Waals surface area contributed by atoms with Crippen LogP contribution in [-0.2, 0) is 19.6 Å². The van der Waals surface area contributed by atoms with E-state index in [9.17, 15) is 13.2 Å². The Labute approximate surface area is 136 Å². The highest BCUT2D eigenvalue weighted by Gasteiger charge is 2.31. The lowest BCUT2D eigenvalue weighted by molar-refractivity contribution is -0.143. The van der Waals surface area contributed by atoms with Gasteiger partial charge in [0.05, 0.1) is 12.0 Å². The zero-order valence-electron chi connectivity index (χ0n) is 13.4. The molecule has 1 aromatic rings. The normalized spacial score (nSPS) is 16.5. The number of nitrogens with one attached hydrogen (secondary N) is 1. The van der Waals surface area contributed by atoms with E-state index >= 15 is 0 Å². The molecule has 2 rings (SSSR count). The molecule has 0 fully saturated rings. The highest BCUT2D eigenvalue weighted by atomic mass is 32.2. The van der Waals surface area contributed by atoms with E-state index < -0.39 is 22.0 Å². The lowest BCUT2D eigenvalue weighted by Crippen LogP contribution is -2.45. The Kier molecular flexibility index (Phi) is 5.48. The first-order valence-electron chi connectivity index (χ1n) is 7.39. The van der Waals surface area contributed by atoms with Crippen molar-refractivity contribution >= 4 is 16.0 Å². The molecular formula is C15H21NO6S. The predicted octanol–water partition coefficient (Wildman–Crippen LogP) is 1.32. The van der Waals surface area contributed by atoms with Crippen LogP contribution in [0.2, 0.25) is 0 Å². The maximum Gasteiger partial charge on any atom is 0.324 e. The number of esters is 1. The van der Waals surface area contributed by atoms with Crippen molar-refractivity contribution in [3.63, 3.8) is 0 Å². The van der Waals surface area contributed by atoms with Crippen molar-refractivity contribution in [3.8, 4) is 11.5 Å².